The zero-order valence-corrected chi connectivity index (χ0v) is 13.3. The summed E-state index contributed by atoms with van der Waals surface area (Å²) in [5.41, 5.74) is 0. The molecule has 0 bridgehead atoms. The van der Waals surface area contributed by atoms with E-state index in [1.165, 1.54) is 0 Å². The molecule has 0 aromatic heterocycles. The molecule has 1 saturated heterocycles. The van der Waals surface area contributed by atoms with E-state index < -0.39 is 5.97 Å². The highest BCUT2D eigenvalue weighted by molar-refractivity contribution is 8.00. The van der Waals surface area contributed by atoms with Gasteiger partial charge in [-0.25, -0.2) is 4.79 Å². The Morgan fingerprint density at radius 2 is 2.21 bits per heavy atom. The van der Waals surface area contributed by atoms with E-state index in [1.54, 1.807) is 28.4 Å². The quantitative estimate of drug-likeness (QED) is 0.809. The van der Waals surface area contributed by atoms with Gasteiger partial charge in [0.2, 0.25) is 0 Å². The van der Waals surface area contributed by atoms with Gasteiger partial charge in [0, 0.05) is 29.3 Å². The fourth-order valence-electron chi connectivity index (χ4n) is 1.76. The molecular formula is C12H22N2O3S2. The van der Waals surface area contributed by atoms with Gasteiger partial charge in [0.25, 0.3) is 0 Å². The Morgan fingerprint density at radius 1 is 1.53 bits per heavy atom. The number of amides is 2. The first-order valence-electron chi connectivity index (χ1n) is 6.25. The first-order chi connectivity index (χ1) is 8.85. The van der Waals surface area contributed by atoms with Crippen LogP contribution < -0.4 is 5.32 Å². The monoisotopic (exact) mass is 306 g/mol. The summed E-state index contributed by atoms with van der Waals surface area (Å²) in [6, 6.07) is -0.345. The minimum Gasteiger partial charge on any atom is -0.481 e. The predicted molar refractivity (Wildman–Crippen MR) is 81.1 cm³/mol. The van der Waals surface area contributed by atoms with Crippen LogP contribution in [0, 0.1) is 0 Å². The number of aliphatic carboxylic acids is 1. The van der Waals surface area contributed by atoms with E-state index >= 15 is 0 Å². The van der Waals surface area contributed by atoms with Crippen molar-refractivity contribution in [3.8, 4) is 0 Å². The summed E-state index contributed by atoms with van der Waals surface area (Å²) in [4.78, 5) is 24.7. The lowest BCUT2D eigenvalue weighted by Crippen LogP contribution is -2.52. The summed E-state index contributed by atoms with van der Waals surface area (Å²) in [5.74, 6) is 0.718. The van der Waals surface area contributed by atoms with Crippen LogP contribution in [0.2, 0.25) is 0 Å². The van der Waals surface area contributed by atoms with Gasteiger partial charge in [0.15, 0.2) is 0 Å². The summed E-state index contributed by atoms with van der Waals surface area (Å²) in [6.07, 6.45) is 2.03. The Kier molecular flexibility index (Phi) is 6.32. The van der Waals surface area contributed by atoms with Crippen molar-refractivity contribution >= 4 is 35.5 Å². The van der Waals surface area contributed by atoms with Gasteiger partial charge in [-0.05, 0) is 20.1 Å². The maximum atomic E-state index is 12.2. The maximum absolute atomic E-state index is 12.2. The summed E-state index contributed by atoms with van der Waals surface area (Å²) in [6.45, 7) is 5.34. The van der Waals surface area contributed by atoms with Crippen LogP contribution in [-0.4, -0.2) is 63.6 Å². The molecule has 1 fully saturated rings. The van der Waals surface area contributed by atoms with E-state index in [4.69, 9.17) is 5.11 Å². The van der Waals surface area contributed by atoms with E-state index in [9.17, 15) is 9.59 Å². The van der Waals surface area contributed by atoms with E-state index in [2.05, 4.69) is 19.2 Å². The van der Waals surface area contributed by atoms with Crippen LogP contribution in [-0.2, 0) is 4.79 Å². The molecular weight excluding hydrogens is 284 g/mol. The topological polar surface area (TPSA) is 69.6 Å². The largest absolute Gasteiger partial charge is 0.481 e. The third-order valence-corrected chi connectivity index (χ3v) is 5.46. The smallest absolute Gasteiger partial charge is 0.317 e. The second-order valence-corrected chi connectivity index (χ2v) is 7.81. The van der Waals surface area contributed by atoms with Crippen LogP contribution in [0.3, 0.4) is 0 Å². The first kappa shape index (κ1) is 16.5. The normalized spacial score (nSPS) is 20.2. The van der Waals surface area contributed by atoms with E-state index in [0.717, 1.165) is 5.75 Å². The zero-order valence-electron chi connectivity index (χ0n) is 11.6. The molecule has 0 radical (unpaired) electrons. The van der Waals surface area contributed by atoms with Crippen LogP contribution in [0.5, 0.6) is 0 Å². The van der Waals surface area contributed by atoms with Crippen LogP contribution >= 0.6 is 23.5 Å². The minimum absolute atomic E-state index is 0.0114. The Balaban J connectivity index is 2.54. The molecule has 0 aliphatic carbocycles. The third kappa shape index (κ3) is 5.52. The summed E-state index contributed by atoms with van der Waals surface area (Å²) < 4.78 is -0.0114. The van der Waals surface area contributed by atoms with Crippen molar-refractivity contribution in [2.45, 2.75) is 31.1 Å². The molecule has 1 rings (SSSR count). The predicted octanol–water partition coefficient (Wildman–Crippen LogP) is 1.73. The number of hydrogen-bond acceptors (Lipinski definition) is 4. The van der Waals surface area contributed by atoms with E-state index in [0.29, 0.717) is 18.8 Å². The van der Waals surface area contributed by atoms with Gasteiger partial charge in [-0.15, -0.1) is 0 Å². The SMILES string of the molecule is CSC(C)(C)CNC(=O)N1CCSCC1CC(=O)O. The maximum Gasteiger partial charge on any atom is 0.317 e. The number of carbonyl (C=O) groups excluding carboxylic acids is 1. The molecule has 0 aromatic rings. The fraction of sp³-hybridized carbons (Fsp3) is 0.833. The lowest BCUT2D eigenvalue weighted by atomic mass is 10.2. The molecule has 2 N–H and O–H groups in total. The van der Waals surface area contributed by atoms with Crippen molar-refractivity contribution in [1.29, 1.82) is 0 Å². The summed E-state index contributed by atoms with van der Waals surface area (Å²) in [5, 5.41) is 11.8. The molecule has 19 heavy (non-hydrogen) atoms. The molecule has 110 valence electrons. The average molecular weight is 306 g/mol. The highest BCUT2D eigenvalue weighted by Crippen LogP contribution is 2.21. The highest BCUT2D eigenvalue weighted by atomic mass is 32.2. The lowest BCUT2D eigenvalue weighted by Gasteiger charge is -2.35. The van der Waals surface area contributed by atoms with E-state index in [1.807, 2.05) is 6.26 Å². The van der Waals surface area contributed by atoms with Crippen molar-refractivity contribution in [2.75, 3.05) is 30.9 Å². The average Bonchev–Trinajstić information content (AvgIpc) is 2.36. The third-order valence-electron chi connectivity index (χ3n) is 3.12. The molecule has 1 aliphatic rings. The fourth-order valence-corrected chi connectivity index (χ4v) is 3.03. The number of rotatable bonds is 5. The standard InChI is InChI=1S/C12H22N2O3S2/c1-12(2,18-3)8-13-11(17)14-4-5-19-7-9(14)6-10(15)16/h9H,4-8H2,1-3H3,(H,13,17)(H,15,16). The molecule has 1 heterocycles. The van der Waals surface area contributed by atoms with E-state index in [-0.39, 0.29) is 23.2 Å². The van der Waals surface area contributed by atoms with Crippen LogP contribution in [0.15, 0.2) is 0 Å². The van der Waals surface area contributed by atoms with Crippen LogP contribution in [0.4, 0.5) is 4.79 Å². The minimum atomic E-state index is -0.852. The number of carboxylic acid groups (broad SMARTS) is 1. The van der Waals surface area contributed by atoms with Gasteiger partial charge >= 0.3 is 12.0 Å². The number of nitrogens with one attached hydrogen (secondary N) is 1. The van der Waals surface area contributed by atoms with Crippen molar-refractivity contribution in [1.82, 2.24) is 10.2 Å². The van der Waals surface area contributed by atoms with Gasteiger partial charge in [-0.3, -0.25) is 4.79 Å². The molecule has 1 atom stereocenters. The first-order valence-corrected chi connectivity index (χ1v) is 8.63. The van der Waals surface area contributed by atoms with Crippen LogP contribution in [0.1, 0.15) is 20.3 Å². The van der Waals surface area contributed by atoms with Gasteiger partial charge in [-0.2, -0.15) is 23.5 Å². The van der Waals surface area contributed by atoms with Crippen molar-refractivity contribution in [2.24, 2.45) is 0 Å². The number of urea groups is 1. The molecule has 1 aliphatic heterocycles. The number of thioether (sulfide) groups is 2. The Hall–Kier alpha value is -0.560. The number of nitrogens with zero attached hydrogens (tertiary/aromatic N) is 1. The Labute approximate surface area is 122 Å². The Morgan fingerprint density at radius 3 is 2.79 bits per heavy atom. The van der Waals surface area contributed by atoms with Gasteiger partial charge in [-0.1, -0.05) is 0 Å². The molecule has 5 nitrogen and oxygen atoms in total. The molecule has 7 heteroatoms. The molecule has 0 saturated carbocycles. The molecule has 0 aromatic carbocycles. The molecule has 2 amide bonds. The second kappa shape index (κ2) is 7.28. The lowest BCUT2D eigenvalue weighted by molar-refractivity contribution is -0.137. The summed E-state index contributed by atoms with van der Waals surface area (Å²) >= 11 is 3.40. The van der Waals surface area contributed by atoms with Gasteiger partial charge in [0.05, 0.1) is 12.5 Å². The number of hydrogen-bond donors (Lipinski definition) is 2. The number of carbonyl (C=O) groups is 2. The molecule has 1 unspecified atom stereocenters. The van der Waals surface area contributed by atoms with Crippen molar-refractivity contribution in [3.05, 3.63) is 0 Å². The Bertz CT molecular complexity index is 337. The highest BCUT2D eigenvalue weighted by Gasteiger charge is 2.29. The second-order valence-electron chi connectivity index (χ2n) is 5.14. The van der Waals surface area contributed by atoms with Gasteiger partial charge < -0.3 is 15.3 Å². The van der Waals surface area contributed by atoms with Crippen molar-refractivity contribution in [3.63, 3.8) is 0 Å². The summed E-state index contributed by atoms with van der Waals surface area (Å²) in [7, 11) is 0. The zero-order chi connectivity index (χ0) is 14.5. The van der Waals surface area contributed by atoms with Crippen LogP contribution in [0.25, 0.3) is 0 Å². The van der Waals surface area contributed by atoms with Crippen molar-refractivity contribution < 1.29 is 14.7 Å². The van der Waals surface area contributed by atoms with Gasteiger partial charge in [0.1, 0.15) is 0 Å². The molecule has 0 spiro atoms. The number of carboxylic acids is 1.